The third kappa shape index (κ3) is 2.25. The molecule has 0 bridgehead atoms. The van der Waals surface area contributed by atoms with E-state index in [1.807, 2.05) is 44.2 Å². The number of aryl methyl sites for hydroxylation is 2. The number of rotatable bonds is 2. The molecule has 2 atom stereocenters. The minimum Gasteiger partial charge on any atom is -0.390 e. The molecule has 2 aromatic rings. The maximum Gasteiger partial charge on any atom is 0.252 e. The van der Waals surface area contributed by atoms with Crippen molar-refractivity contribution in [1.29, 1.82) is 0 Å². The van der Waals surface area contributed by atoms with Crippen LogP contribution in [-0.2, 0) is 6.42 Å². The first-order valence-corrected chi connectivity index (χ1v) is 7.51. The van der Waals surface area contributed by atoms with Crippen LogP contribution in [0.3, 0.4) is 0 Å². The fourth-order valence-electron chi connectivity index (χ4n) is 2.82. The number of hydrogen-bond donors (Lipinski definition) is 2. The first-order valence-electron chi connectivity index (χ1n) is 6.70. The molecule has 20 heavy (non-hydrogen) atoms. The Balaban J connectivity index is 1.85. The van der Waals surface area contributed by atoms with Crippen LogP contribution in [0.2, 0.25) is 0 Å². The highest BCUT2D eigenvalue weighted by molar-refractivity contribution is 7.12. The molecular weight excluding hydrogens is 270 g/mol. The van der Waals surface area contributed by atoms with Crippen LogP contribution in [0, 0.1) is 13.8 Å². The predicted molar refractivity (Wildman–Crippen MR) is 80.2 cm³/mol. The van der Waals surface area contributed by atoms with Crippen LogP contribution in [0.1, 0.15) is 37.3 Å². The van der Waals surface area contributed by atoms with Gasteiger partial charge >= 0.3 is 0 Å². The fourth-order valence-corrected chi connectivity index (χ4v) is 3.74. The van der Waals surface area contributed by atoms with E-state index in [0.717, 1.165) is 20.9 Å². The van der Waals surface area contributed by atoms with Crippen molar-refractivity contribution in [2.45, 2.75) is 32.4 Å². The number of amides is 1. The van der Waals surface area contributed by atoms with Crippen LogP contribution in [-0.4, -0.2) is 17.1 Å². The molecule has 3 rings (SSSR count). The van der Waals surface area contributed by atoms with Crippen molar-refractivity contribution in [3.05, 3.63) is 56.8 Å². The van der Waals surface area contributed by atoms with Crippen LogP contribution in [0.4, 0.5) is 0 Å². The molecule has 0 fully saturated rings. The van der Waals surface area contributed by atoms with Crippen molar-refractivity contribution in [3.8, 4) is 0 Å². The summed E-state index contributed by atoms with van der Waals surface area (Å²) in [7, 11) is 0. The molecule has 1 aliphatic carbocycles. The predicted octanol–water partition coefficient (Wildman–Crippen LogP) is 2.75. The Labute approximate surface area is 122 Å². The van der Waals surface area contributed by atoms with Crippen molar-refractivity contribution >= 4 is 17.2 Å². The lowest BCUT2D eigenvalue weighted by Crippen LogP contribution is -2.33. The molecule has 0 spiro atoms. The van der Waals surface area contributed by atoms with Crippen LogP contribution >= 0.6 is 11.3 Å². The average molecular weight is 287 g/mol. The Hall–Kier alpha value is -1.65. The molecule has 0 radical (unpaired) electrons. The number of aliphatic hydroxyl groups excluding tert-OH is 1. The molecule has 1 amide bonds. The van der Waals surface area contributed by atoms with Crippen molar-refractivity contribution in [2.24, 2.45) is 0 Å². The van der Waals surface area contributed by atoms with E-state index in [-0.39, 0.29) is 11.9 Å². The van der Waals surface area contributed by atoms with Gasteiger partial charge in [0.2, 0.25) is 0 Å². The summed E-state index contributed by atoms with van der Waals surface area (Å²) in [5, 5.41) is 13.1. The molecule has 0 aliphatic heterocycles. The number of fused-ring (bicyclic) bond motifs is 1. The lowest BCUT2D eigenvalue weighted by molar-refractivity contribution is 0.0858. The average Bonchev–Trinajstić information content (AvgIpc) is 2.90. The number of hydrogen-bond acceptors (Lipinski definition) is 3. The van der Waals surface area contributed by atoms with Crippen molar-refractivity contribution in [1.82, 2.24) is 5.32 Å². The summed E-state index contributed by atoms with van der Waals surface area (Å²) in [6.45, 7) is 3.94. The number of thiophene rings is 1. The number of carbonyl (C=O) groups excluding carboxylic acids is 1. The summed E-state index contributed by atoms with van der Waals surface area (Å²) in [6, 6.07) is 9.48. The summed E-state index contributed by atoms with van der Waals surface area (Å²) >= 11 is 1.62. The van der Waals surface area contributed by atoms with E-state index in [4.69, 9.17) is 0 Å². The van der Waals surface area contributed by atoms with Crippen LogP contribution in [0.25, 0.3) is 0 Å². The van der Waals surface area contributed by atoms with Gasteiger partial charge in [-0.2, -0.15) is 0 Å². The normalized spacial score (nSPS) is 20.8. The van der Waals surface area contributed by atoms with Crippen LogP contribution in [0.15, 0.2) is 30.3 Å². The van der Waals surface area contributed by atoms with Gasteiger partial charge < -0.3 is 10.4 Å². The van der Waals surface area contributed by atoms with Gasteiger partial charge in [0, 0.05) is 16.2 Å². The van der Waals surface area contributed by atoms with Gasteiger partial charge in [0.25, 0.3) is 5.91 Å². The number of carbonyl (C=O) groups is 1. The lowest BCUT2D eigenvalue weighted by Gasteiger charge is -2.17. The van der Waals surface area contributed by atoms with Gasteiger partial charge in [-0.1, -0.05) is 24.3 Å². The van der Waals surface area contributed by atoms with E-state index in [1.54, 1.807) is 11.3 Å². The molecule has 1 heterocycles. The molecular formula is C16H17NO2S. The van der Waals surface area contributed by atoms with Crippen molar-refractivity contribution < 1.29 is 9.90 Å². The first-order chi connectivity index (χ1) is 9.56. The van der Waals surface area contributed by atoms with E-state index in [0.29, 0.717) is 12.0 Å². The SMILES string of the molecule is Cc1cc(C(=O)N[C@H]2c3ccccc3C[C@H]2O)c(C)s1. The van der Waals surface area contributed by atoms with E-state index < -0.39 is 6.10 Å². The highest BCUT2D eigenvalue weighted by atomic mass is 32.1. The van der Waals surface area contributed by atoms with Crippen molar-refractivity contribution in [3.63, 3.8) is 0 Å². The second-order valence-corrected chi connectivity index (χ2v) is 6.71. The summed E-state index contributed by atoms with van der Waals surface area (Å²) in [5.41, 5.74) is 2.85. The fraction of sp³-hybridized carbons (Fsp3) is 0.312. The van der Waals surface area contributed by atoms with Gasteiger partial charge in [0.1, 0.15) is 0 Å². The smallest absolute Gasteiger partial charge is 0.252 e. The minimum atomic E-state index is -0.545. The van der Waals surface area contributed by atoms with Gasteiger partial charge in [-0.25, -0.2) is 0 Å². The quantitative estimate of drug-likeness (QED) is 0.892. The summed E-state index contributed by atoms with van der Waals surface area (Å²) < 4.78 is 0. The molecule has 2 N–H and O–H groups in total. The number of aliphatic hydroxyl groups is 1. The largest absolute Gasteiger partial charge is 0.390 e. The van der Waals surface area contributed by atoms with Gasteiger partial charge in [-0.15, -0.1) is 11.3 Å². The first kappa shape index (κ1) is 13.3. The standard InChI is InChI=1S/C16H17NO2S/c1-9-7-13(10(2)20-9)16(19)17-15-12-6-4-3-5-11(12)8-14(15)18/h3-7,14-15,18H,8H2,1-2H3,(H,17,19)/t14-,15+/m1/s1. The Kier molecular flexibility index (Phi) is 3.36. The van der Waals surface area contributed by atoms with E-state index in [9.17, 15) is 9.90 Å². The summed E-state index contributed by atoms with van der Waals surface area (Å²) in [4.78, 5) is 14.5. The van der Waals surface area contributed by atoms with E-state index in [1.165, 1.54) is 0 Å². The Morgan fingerprint density at radius 1 is 1.35 bits per heavy atom. The zero-order valence-corrected chi connectivity index (χ0v) is 12.3. The van der Waals surface area contributed by atoms with Gasteiger partial charge in [-0.05, 0) is 31.0 Å². The zero-order valence-electron chi connectivity index (χ0n) is 11.5. The maximum absolute atomic E-state index is 12.4. The molecule has 104 valence electrons. The summed E-state index contributed by atoms with van der Waals surface area (Å²) in [5.74, 6) is -0.104. The third-order valence-electron chi connectivity index (χ3n) is 3.78. The Morgan fingerprint density at radius 3 is 2.80 bits per heavy atom. The second-order valence-electron chi connectivity index (χ2n) is 5.25. The van der Waals surface area contributed by atoms with E-state index >= 15 is 0 Å². The highest BCUT2D eigenvalue weighted by Crippen LogP contribution is 2.32. The summed E-state index contributed by atoms with van der Waals surface area (Å²) in [6.07, 6.45) is 0.0550. The number of benzene rings is 1. The molecule has 4 heteroatoms. The van der Waals surface area contributed by atoms with Crippen molar-refractivity contribution in [2.75, 3.05) is 0 Å². The topological polar surface area (TPSA) is 49.3 Å². The molecule has 1 aromatic heterocycles. The van der Waals surface area contributed by atoms with Gasteiger partial charge in [0.05, 0.1) is 17.7 Å². The highest BCUT2D eigenvalue weighted by Gasteiger charge is 2.32. The van der Waals surface area contributed by atoms with E-state index in [2.05, 4.69) is 5.32 Å². The van der Waals surface area contributed by atoms with Gasteiger partial charge in [0.15, 0.2) is 0 Å². The van der Waals surface area contributed by atoms with Gasteiger partial charge in [-0.3, -0.25) is 4.79 Å². The Morgan fingerprint density at radius 2 is 2.10 bits per heavy atom. The molecule has 3 nitrogen and oxygen atoms in total. The molecule has 1 aromatic carbocycles. The van der Waals surface area contributed by atoms with Crippen LogP contribution in [0.5, 0.6) is 0 Å². The molecule has 1 aliphatic rings. The monoisotopic (exact) mass is 287 g/mol. The maximum atomic E-state index is 12.4. The molecule has 0 saturated carbocycles. The third-order valence-corrected chi connectivity index (χ3v) is 4.74. The second kappa shape index (κ2) is 5.04. The minimum absolute atomic E-state index is 0.104. The zero-order chi connectivity index (χ0) is 14.3. The van der Waals surface area contributed by atoms with Crippen LogP contribution < -0.4 is 5.32 Å². The lowest BCUT2D eigenvalue weighted by atomic mass is 10.1. The Bertz CT molecular complexity index is 662. The molecule has 0 saturated heterocycles. The number of nitrogens with one attached hydrogen (secondary N) is 1. The molecule has 0 unspecified atom stereocenters.